The molecule has 0 atom stereocenters. The van der Waals surface area contributed by atoms with Crippen LogP contribution in [0.2, 0.25) is 0 Å². The Labute approximate surface area is 118 Å². The maximum atomic E-state index is 10.5. The lowest BCUT2D eigenvalue weighted by Gasteiger charge is -2.40. The molecule has 0 aromatic rings. The average Bonchev–Trinajstić information content (AvgIpc) is 2.28. The standard InChI is InChI=1S/C16H30O3/c1-15(2,11-18-5)14-8-6-13(7-9-14)10-16(3,4)19-12-17/h12-14H,6-11H2,1-5H3. The Morgan fingerprint density at radius 2 is 1.68 bits per heavy atom. The van der Waals surface area contributed by atoms with Gasteiger partial charge in [-0.15, -0.1) is 0 Å². The first kappa shape index (κ1) is 16.5. The van der Waals surface area contributed by atoms with Crippen LogP contribution >= 0.6 is 0 Å². The highest BCUT2D eigenvalue weighted by molar-refractivity contribution is 5.38. The van der Waals surface area contributed by atoms with Gasteiger partial charge < -0.3 is 9.47 Å². The van der Waals surface area contributed by atoms with E-state index in [-0.39, 0.29) is 11.0 Å². The van der Waals surface area contributed by atoms with Gasteiger partial charge in [-0.05, 0) is 50.4 Å². The summed E-state index contributed by atoms with van der Waals surface area (Å²) in [4.78, 5) is 10.5. The average molecular weight is 270 g/mol. The van der Waals surface area contributed by atoms with Crippen LogP contribution in [-0.4, -0.2) is 25.8 Å². The van der Waals surface area contributed by atoms with Gasteiger partial charge in [-0.2, -0.15) is 0 Å². The summed E-state index contributed by atoms with van der Waals surface area (Å²) >= 11 is 0. The van der Waals surface area contributed by atoms with Crippen LogP contribution in [0.15, 0.2) is 0 Å². The van der Waals surface area contributed by atoms with Gasteiger partial charge in [0.05, 0.1) is 6.61 Å². The number of hydrogen-bond acceptors (Lipinski definition) is 3. The van der Waals surface area contributed by atoms with E-state index in [4.69, 9.17) is 9.47 Å². The summed E-state index contributed by atoms with van der Waals surface area (Å²) in [7, 11) is 1.78. The van der Waals surface area contributed by atoms with E-state index in [0.717, 1.165) is 18.9 Å². The van der Waals surface area contributed by atoms with Crippen molar-refractivity contribution in [1.82, 2.24) is 0 Å². The number of rotatable bonds is 7. The Kier molecular flexibility index (Phi) is 5.84. The Bertz CT molecular complexity index is 276. The minimum Gasteiger partial charge on any atom is -0.462 e. The fourth-order valence-corrected chi connectivity index (χ4v) is 3.51. The molecule has 112 valence electrons. The van der Waals surface area contributed by atoms with E-state index >= 15 is 0 Å². The highest BCUT2D eigenvalue weighted by Gasteiger charge is 2.35. The van der Waals surface area contributed by atoms with E-state index in [1.165, 1.54) is 25.7 Å². The van der Waals surface area contributed by atoms with Crippen molar-refractivity contribution in [2.75, 3.05) is 13.7 Å². The lowest BCUT2D eigenvalue weighted by Crippen LogP contribution is -2.34. The number of methoxy groups -OCH3 is 1. The van der Waals surface area contributed by atoms with Gasteiger partial charge in [-0.3, -0.25) is 4.79 Å². The first-order chi connectivity index (χ1) is 8.80. The van der Waals surface area contributed by atoms with Gasteiger partial charge in [0.15, 0.2) is 0 Å². The van der Waals surface area contributed by atoms with Crippen LogP contribution in [0.5, 0.6) is 0 Å². The SMILES string of the molecule is COCC(C)(C)C1CCC(CC(C)(C)OC=O)CC1. The van der Waals surface area contributed by atoms with E-state index in [1.54, 1.807) is 7.11 Å². The molecule has 0 aromatic heterocycles. The van der Waals surface area contributed by atoms with Crippen molar-refractivity contribution in [3.8, 4) is 0 Å². The maximum absolute atomic E-state index is 10.5. The lowest BCUT2D eigenvalue weighted by atomic mass is 9.68. The molecule has 0 unspecified atom stereocenters. The predicted molar refractivity (Wildman–Crippen MR) is 77.0 cm³/mol. The summed E-state index contributed by atoms with van der Waals surface area (Å²) in [6.45, 7) is 10.0. The largest absolute Gasteiger partial charge is 0.462 e. The van der Waals surface area contributed by atoms with Gasteiger partial charge in [-0.1, -0.05) is 26.7 Å². The van der Waals surface area contributed by atoms with Gasteiger partial charge in [0.1, 0.15) is 5.60 Å². The topological polar surface area (TPSA) is 35.5 Å². The molecular weight excluding hydrogens is 240 g/mol. The van der Waals surface area contributed by atoms with Crippen molar-refractivity contribution in [1.29, 1.82) is 0 Å². The summed E-state index contributed by atoms with van der Waals surface area (Å²) in [6.07, 6.45) is 5.98. The van der Waals surface area contributed by atoms with E-state index in [2.05, 4.69) is 13.8 Å². The number of hydrogen-bond donors (Lipinski definition) is 0. The van der Waals surface area contributed by atoms with Crippen molar-refractivity contribution in [2.45, 2.75) is 65.4 Å². The molecule has 3 heteroatoms. The molecule has 0 heterocycles. The molecular formula is C16H30O3. The summed E-state index contributed by atoms with van der Waals surface area (Å²) < 4.78 is 10.5. The Morgan fingerprint density at radius 1 is 1.11 bits per heavy atom. The molecule has 19 heavy (non-hydrogen) atoms. The number of carbonyl (C=O) groups excluding carboxylic acids is 1. The molecule has 0 amide bonds. The zero-order valence-electron chi connectivity index (χ0n) is 13.2. The summed E-state index contributed by atoms with van der Waals surface area (Å²) in [5, 5.41) is 0. The molecule has 3 nitrogen and oxygen atoms in total. The van der Waals surface area contributed by atoms with Crippen LogP contribution in [0.1, 0.15) is 59.8 Å². The number of carbonyl (C=O) groups is 1. The van der Waals surface area contributed by atoms with Crippen molar-refractivity contribution in [3.63, 3.8) is 0 Å². The van der Waals surface area contributed by atoms with Crippen LogP contribution in [0.3, 0.4) is 0 Å². The second-order valence-corrected chi connectivity index (χ2v) is 7.32. The second-order valence-electron chi connectivity index (χ2n) is 7.32. The molecule has 1 saturated carbocycles. The molecule has 0 aromatic carbocycles. The highest BCUT2D eigenvalue weighted by atomic mass is 16.5. The highest BCUT2D eigenvalue weighted by Crippen LogP contribution is 2.42. The fraction of sp³-hybridized carbons (Fsp3) is 0.938. The quantitative estimate of drug-likeness (QED) is 0.660. The summed E-state index contributed by atoms with van der Waals surface area (Å²) in [6, 6.07) is 0. The normalized spacial score (nSPS) is 25.1. The summed E-state index contributed by atoms with van der Waals surface area (Å²) in [5.41, 5.74) is -0.0458. The minimum atomic E-state index is -0.318. The van der Waals surface area contributed by atoms with Gasteiger partial charge in [0.2, 0.25) is 0 Å². The Hall–Kier alpha value is -0.570. The molecule has 0 radical (unpaired) electrons. The van der Waals surface area contributed by atoms with Crippen LogP contribution in [0.25, 0.3) is 0 Å². The Balaban J connectivity index is 2.43. The third-order valence-corrected chi connectivity index (χ3v) is 4.62. The van der Waals surface area contributed by atoms with Gasteiger partial charge >= 0.3 is 0 Å². The molecule has 1 rings (SSSR count). The first-order valence-electron chi connectivity index (χ1n) is 7.41. The van der Waals surface area contributed by atoms with E-state index in [1.807, 2.05) is 13.8 Å². The van der Waals surface area contributed by atoms with Crippen molar-refractivity contribution < 1.29 is 14.3 Å². The molecule has 1 aliphatic carbocycles. The van der Waals surface area contributed by atoms with Crippen LogP contribution in [0, 0.1) is 17.3 Å². The van der Waals surface area contributed by atoms with E-state index < -0.39 is 0 Å². The minimum absolute atomic E-state index is 0.272. The van der Waals surface area contributed by atoms with Crippen molar-refractivity contribution >= 4 is 6.47 Å². The molecule has 1 fully saturated rings. The predicted octanol–water partition coefficient (Wildman–Crippen LogP) is 3.81. The van der Waals surface area contributed by atoms with E-state index in [9.17, 15) is 4.79 Å². The molecule has 0 N–H and O–H groups in total. The van der Waals surface area contributed by atoms with Crippen LogP contribution < -0.4 is 0 Å². The first-order valence-corrected chi connectivity index (χ1v) is 7.41. The van der Waals surface area contributed by atoms with Crippen molar-refractivity contribution in [3.05, 3.63) is 0 Å². The van der Waals surface area contributed by atoms with Crippen molar-refractivity contribution in [2.24, 2.45) is 17.3 Å². The zero-order chi connectivity index (χ0) is 14.5. The maximum Gasteiger partial charge on any atom is 0.293 e. The molecule has 0 spiro atoms. The zero-order valence-corrected chi connectivity index (χ0v) is 13.2. The third-order valence-electron chi connectivity index (χ3n) is 4.62. The Morgan fingerprint density at radius 3 is 2.16 bits per heavy atom. The fourth-order valence-electron chi connectivity index (χ4n) is 3.51. The smallest absolute Gasteiger partial charge is 0.293 e. The summed E-state index contributed by atoms with van der Waals surface area (Å²) in [5.74, 6) is 1.43. The molecule has 0 saturated heterocycles. The van der Waals surface area contributed by atoms with Gasteiger partial charge in [0.25, 0.3) is 6.47 Å². The molecule has 1 aliphatic rings. The monoisotopic (exact) mass is 270 g/mol. The van der Waals surface area contributed by atoms with Crippen LogP contribution in [0.4, 0.5) is 0 Å². The third kappa shape index (κ3) is 5.13. The van der Waals surface area contributed by atoms with Crippen LogP contribution in [-0.2, 0) is 14.3 Å². The van der Waals surface area contributed by atoms with Gasteiger partial charge in [0, 0.05) is 7.11 Å². The molecule has 0 bridgehead atoms. The molecule has 0 aliphatic heterocycles. The van der Waals surface area contributed by atoms with Gasteiger partial charge in [-0.25, -0.2) is 0 Å². The second kappa shape index (κ2) is 6.74. The number of ether oxygens (including phenoxy) is 2. The lowest BCUT2D eigenvalue weighted by molar-refractivity contribution is -0.142. The van der Waals surface area contributed by atoms with E-state index in [0.29, 0.717) is 12.4 Å².